The molecule has 2 unspecified atom stereocenters. The van der Waals surface area contributed by atoms with Gasteiger partial charge in [0, 0.05) is 11.7 Å². The van der Waals surface area contributed by atoms with Gasteiger partial charge in [0.25, 0.3) is 0 Å². The Kier molecular flexibility index (Phi) is 8.59. The van der Waals surface area contributed by atoms with E-state index in [2.05, 4.69) is 43.5 Å². The molecule has 6 heteroatoms. The Morgan fingerprint density at radius 1 is 1.11 bits per heavy atom. The van der Waals surface area contributed by atoms with Crippen molar-refractivity contribution < 1.29 is 13.2 Å². The summed E-state index contributed by atoms with van der Waals surface area (Å²) < 4.78 is 39.1. The molecule has 2 atom stereocenters. The van der Waals surface area contributed by atoms with Crippen LogP contribution in [-0.4, -0.2) is 17.3 Å². The smallest absolute Gasteiger partial charge is 0.360 e. The van der Waals surface area contributed by atoms with Gasteiger partial charge in [0.05, 0.1) is 5.92 Å². The molecule has 0 aromatic heterocycles. The highest BCUT2D eigenvalue weighted by Gasteiger charge is 2.42. The van der Waals surface area contributed by atoms with Crippen molar-refractivity contribution in [3.8, 4) is 0 Å². The lowest BCUT2D eigenvalue weighted by atomic mass is 9.85. The molecule has 0 saturated heterocycles. The van der Waals surface area contributed by atoms with Crippen LogP contribution in [0.4, 0.5) is 18.9 Å². The molecule has 158 valence electrons. The van der Waals surface area contributed by atoms with Crippen molar-refractivity contribution in [1.29, 1.82) is 0 Å². The van der Waals surface area contributed by atoms with E-state index in [-0.39, 0.29) is 18.9 Å². The molecule has 2 rings (SSSR count). The van der Waals surface area contributed by atoms with E-state index in [0.29, 0.717) is 11.5 Å². The van der Waals surface area contributed by atoms with Gasteiger partial charge in [0.1, 0.15) is 0 Å². The van der Waals surface area contributed by atoms with Crippen LogP contribution in [0.3, 0.4) is 0 Å². The average molecular weight is 415 g/mol. The van der Waals surface area contributed by atoms with Crippen LogP contribution in [0.15, 0.2) is 12.1 Å². The Hall–Kier alpha value is -1.30. The Morgan fingerprint density at radius 2 is 1.75 bits per heavy atom. The SMILES string of the molecule is CCCCc1cc(CC)c(NC(=S)NC2CCCC(C(F)(F)F)C2)c(CC)c1. The number of rotatable bonds is 7. The predicted molar refractivity (Wildman–Crippen MR) is 115 cm³/mol. The highest BCUT2D eigenvalue weighted by molar-refractivity contribution is 7.80. The molecule has 0 amide bonds. The molecule has 1 saturated carbocycles. The van der Waals surface area contributed by atoms with E-state index in [9.17, 15) is 13.2 Å². The number of hydrogen-bond donors (Lipinski definition) is 2. The van der Waals surface area contributed by atoms with Crippen molar-refractivity contribution in [3.05, 3.63) is 28.8 Å². The second-order valence-corrected chi connectivity index (χ2v) is 8.21. The summed E-state index contributed by atoms with van der Waals surface area (Å²) >= 11 is 5.46. The molecule has 2 nitrogen and oxygen atoms in total. The number of alkyl halides is 3. The third-order valence-corrected chi connectivity index (χ3v) is 5.87. The second-order valence-electron chi connectivity index (χ2n) is 7.80. The molecule has 0 radical (unpaired) electrons. The summed E-state index contributed by atoms with van der Waals surface area (Å²) in [5.41, 5.74) is 4.80. The van der Waals surface area contributed by atoms with E-state index in [1.807, 2.05) is 0 Å². The number of nitrogens with one attached hydrogen (secondary N) is 2. The number of hydrogen-bond acceptors (Lipinski definition) is 1. The molecule has 0 aliphatic heterocycles. The fourth-order valence-corrected chi connectivity index (χ4v) is 4.31. The van der Waals surface area contributed by atoms with Crippen LogP contribution < -0.4 is 10.6 Å². The number of halogens is 3. The maximum absolute atomic E-state index is 13.0. The van der Waals surface area contributed by atoms with E-state index < -0.39 is 12.1 Å². The van der Waals surface area contributed by atoms with Gasteiger partial charge in [0.2, 0.25) is 0 Å². The third kappa shape index (κ3) is 6.36. The minimum Gasteiger partial charge on any atom is -0.360 e. The summed E-state index contributed by atoms with van der Waals surface area (Å²) in [5, 5.41) is 6.87. The maximum Gasteiger partial charge on any atom is 0.391 e. The zero-order chi connectivity index (χ0) is 20.7. The molecule has 2 N–H and O–H groups in total. The first kappa shape index (κ1) is 23.0. The Bertz CT molecular complexity index is 633. The van der Waals surface area contributed by atoms with Gasteiger partial charge < -0.3 is 10.6 Å². The first-order valence-electron chi connectivity index (χ1n) is 10.6. The maximum atomic E-state index is 13.0. The normalized spacial score (nSPS) is 20.1. The lowest BCUT2D eigenvalue weighted by Crippen LogP contribution is -2.43. The highest BCUT2D eigenvalue weighted by Crippen LogP contribution is 2.37. The quantitative estimate of drug-likeness (QED) is 0.494. The Labute approximate surface area is 172 Å². The molecule has 28 heavy (non-hydrogen) atoms. The number of unbranched alkanes of at least 4 members (excludes halogenated alkanes) is 1. The van der Waals surface area contributed by atoms with Crippen LogP contribution in [0, 0.1) is 5.92 Å². The predicted octanol–water partition coefficient (Wildman–Crippen LogP) is 6.56. The van der Waals surface area contributed by atoms with Gasteiger partial charge in [-0.1, -0.05) is 45.7 Å². The topological polar surface area (TPSA) is 24.1 Å². The molecule has 1 aliphatic rings. The van der Waals surface area contributed by atoms with Crippen molar-refractivity contribution >= 4 is 23.0 Å². The van der Waals surface area contributed by atoms with Crippen molar-refractivity contribution in [2.45, 2.75) is 90.8 Å². The van der Waals surface area contributed by atoms with Gasteiger partial charge in [-0.2, -0.15) is 13.2 Å². The fraction of sp³-hybridized carbons (Fsp3) is 0.682. The number of thiocarbonyl (C=S) groups is 1. The zero-order valence-electron chi connectivity index (χ0n) is 17.2. The molecule has 1 aromatic rings. The summed E-state index contributed by atoms with van der Waals surface area (Å²) in [6.45, 7) is 6.43. The molecular weight excluding hydrogens is 381 g/mol. The second kappa shape index (κ2) is 10.5. The van der Waals surface area contributed by atoms with Crippen LogP contribution in [0.2, 0.25) is 0 Å². The first-order valence-corrected chi connectivity index (χ1v) is 11.0. The van der Waals surface area contributed by atoms with Crippen molar-refractivity contribution in [1.82, 2.24) is 5.32 Å². The van der Waals surface area contributed by atoms with Crippen LogP contribution in [0.5, 0.6) is 0 Å². The molecule has 1 fully saturated rings. The monoisotopic (exact) mass is 414 g/mol. The van der Waals surface area contributed by atoms with Crippen molar-refractivity contribution in [3.63, 3.8) is 0 Å². The van der Waals surface area contributed by atoms with Crippen LogP contribution >= 0.6 is 12.2 Å². The minimum absolute atomic E-state index is 0.0997. The minimum atomic E-state index is -4.12. The summed E-state index contributed by atoms with van der Waals surface area (Å²) in [4.78, 5) is 0. The highest BCUT2D eigenvalue weighted by atomic mass is 32.1. The van der Waals surface area contributed by atoms with E-state index in [1.54, 1.807) is 0 Å². The molecule has 0 bridgehead atoms. The van der Waals surface area contributed by atoms with Gasteiger partial charge >= 0.3 is 6.18 Å². The number of benzene rings is 1. The largest absolute Gasteiger partial charge is 0.391 e. The van der Waals surface area contributed by atoms with E-state index >= 15 is 0 Å². The number of anilines is 1. The van der Waals surface area contributed by atoms with Gasteiger partial charge in [-0.25, -0.2) is 0 Å². The molecule has 0 spiro atoms. The summed E-state index contributed by atoms with van der Waals surface area (Å²) in [5.74, 6) is -1.23. The zero-order valence-corrected chi connectivity index (χ0v) is 18.0. The fourth-order valence-electron chi connectivity index (χ4n) is 4.04. The van der Waals surface area contributed by atoms with E-state index in [4.69, 9.17) is 12.2 Å². The van der Waals surface area contributed by atoms with Gasteiger partial charge in [-0.3, -0.25) is 0 Å². The Balaban J connectivity index is 2.08. The summed E-state index contributed by atoms with van der Waals surface area (Å²) in [6.07, 6.45) is 2.69. The van der Waals surface area contributed by atoms with Gasteiger partial charge in [-0.05, 0) is 73.9 Å². The first-order chi connectivity index (χ1) is 13.3. The van der Waals surface area contributed by atoms with Crippen molar-refractivity contribution in [2.75, 3.05) is 5.32 Å². The molecular formula is C22H33F3N2S. The van der Waals surface area contributed by atoms with Gasteiger partial charge in [-0.15, -0.1) is 0 Å². The summed E-state index contributed by atoms with van der Waals surface area (Å²) in [6, 6.07) is 4.25. The van der Waals surface area contributed by atoms with Crippen molar-refractivity contribution in [2.24, 2.45) is 5.92 Å². The van der Waals surface area contributed by atoms with Crippen LogP contribution in [0.25, 0.3) is 0 Å². The standard InChI is InChI=1S/C22H33F3N2S/c1-4-7-9-15-12-16(5-2)20(17(6-3)13-15)27-21(28)26-19-11-8-10-18(14-19)22(23,24)25/h12-13,18-19H,4-11,14H2,1-3H3,(H2,26,27,28). The van der Waals surface area contributed by atoms with E-state index in [0.717, 1.165) is 37.8 Å². The lowest BCUT2D eigenvalue weighted by Gasteiger charge is -2.32. The van der Waals surface area contributed by atoms with Crippen LogP contribution in [0.1, 0.15) is 76.0 Å². The third-order valence-electron chi connectivity index (χ3n) is 5.65. The molecule has 1 aliphatic carbocycles. The molecule has 0 heterocycles. The van der Waals surface area contributed by atoms with Gasteiger partial charge in [0.15, 0.2) is 5.11 Å². The van der Waals surface area contributed by atoms with Crippen LogP contribution in [-0.2, 0) is 19.3 Å². The average Bonchev–Trinajstić information content (AvgIpc) is 2.66. The Morgan fingerprint density at radius 3 is 2.29 bits per heavy atom. The number of aryl methyl sites for hydroxylation is 3. The lowest BCUT2D eigenvalue weighted by molar-refractivity contribution is -0.183. The summed E-state index contributed by atoms with van der Waals surface area (Å²) in [7, 11) is 0. The van der Waals surface area contributed by atoms with E-state index in [1.165, 1.54) is 23.1 Å². The molecule has 1 aromatic carbocycles.